The number of halogens is 1. The Labute approximate surface area is 86.1 Å². The highest BCUT2D eigenvalue weighted by molar-refractivity contribution is 5.24. The summed E-state index contributed by atoms with van der Waals surface area (Å²) in [7, 11) is 0. The van der Waals surface area contributed by atoms with Crippen LogP contribution < -0.4 is 0 Å². The van der Waals surface area contributed by atoms with E-state index in [4.69, 9.17) is 9.63 Å². The molecule has 0 bridgehead atoms. The van der Waals surface area contributed by atoms with Crippen molar-refractivity contribution in [3.63, 3.8) is 0 Å². The summed E-state index contributed by atoms with van der Waals surface area (Å²) in [6.45, 7) is -0.0972. The number of rotatable bonds is 3. The summed E-state index contributed by atoms with van der Waals surface area (Å²) in [5, 5.41) is 12.6. The van der Waals surface area contributed by atoms with Crippen molar-refractivity contribution < 1.29 is 14.0 Å². The first-order valence-corrected chi connectivity index (χ1v) is 4.57. The molecule has 0 aliphatic rings. The lowest BCUT2D eigenvalue weighted by atomic mass is 10.1. The fourth-order valence-corrected chi connectivity index (χ4v) is 1.35. The molecule has 2 rings (SSSR count). The van der Waals surface area contributed by atoms with Gasteiger partial charge in [-0.05, 0) is 17.7 Å². The van der Waals surface area contributed by atoms with Gasteiger partial charge in [0.05, 0.1) is 12.8 Å². The first-order valence-electron chi connectivity index (χ1n) is 4.57. The van der Waals surface area contributed by atoms with Gasteiger partial charge >= 0.3 is 0 Å². The molecule has 78 valence electrons. The average Bonchev–Trinajstić information content (AvgIpc) is 2.69. The molecule has 2 aromatic rings. The molecule has 0 radical (unpaired) electrons. The number of aromatic nitrogens is 1. The Balaban J connectivity index is 2.18. The van der Waals surface area contributed by atoms with Crippen LogP contribution in [0.2, 0.25) is 0 Å². The Kier molecular flexibility index (Phi) is 2.78. The maximum absolute atomic E-state index is 12.6. The van der Waals surface area contributed by atoms with Gasteiger partial charge in [-0.3, -0.25) is 0 Å². The number of hydrogen-bond acceptors (Lipinski definition) is 3. The van der Waals surface area contributed by atoms with Crippen LogP contribution in [0.15, 0.2) is 35.0 Å². The minimum atomic E-state index is -0.265. The van der Waals surface area contributed by atoms with Gasteiger partial charge in [-0.1, -0.05) is 17.3 Å². The fourth-order valence-electron chi connectivity index (χ4n) is 1.35. The maximum atomic E-state index is 12.6. The molecule has 1 aromatic heterocycles. The second kappa shape index (κ2) is 4.23. The summed E-state index contributed by atoms with van der Waals surface area (Å²) >= 11 is 0. The van der Waals surface area contributed by atoms with Crippen molar-refractivity contribution in [1.82, 2.24) is 5.16 Å². The van der Waals surface area contributed by atoms with Crippen molar-refractivity contribution in [2.75, 3.05) is 0 Å². The van der Waals surface area contributed by atoms with Crippen LogP contribution in [0.1, 0.15) is 16.9 Å². The lowest BCUT2D eigenvalue weighted by molar-refractivity contribution is 0.277. The zero-order chi connectivity index (χ0) is 10.7. The fraction of sp³-hybridized carbons (Fsp3) is 0.182. The van der Waals surface area contributed by atoms with Crippen molar-refractivity contribution in [3.05, 3.63) is 53.2 Å². The van der Waals surface area contributed by atoms with Crippen LogP contribution in [0.25, 0.3) is 0 Å². The molecular weight excluding hydrogens is 197 g/mol. The smallest absolute Gasteiger partial charge is 0.146 e. The molecule has 1 aromatic carbocycles. The van der Waals surface area contributed by atoms with E-state index in [-0.39, 0.29) is 12.4 Å². The second-order valence-electron chi connectivity index (χ2n) is 3.24. The van der Waals surface area contributed by atoms with Crippen LogP contribution in [0.3, 0.4) is 0 Å². The SMILES string of the molecule is OCc1cnoc1Cc1ccc(F)cc1. The maximum Gasteiger partial charge on any atom is 0.146 e. The van der Waals surface area contributed by atoms with E-state index in [2.05, 4.69) is 5.16 Å². The molecule has 0 aliphatic heterocycles. The highest BCUT2D eigenvalue weighted by atomic mass is 19.1. The zero-order valence-corrected chi connectivity index (χ0v) is 7.98. The van der Waals surface area contributed by atoms with E-state index in [9.17, 15) is 4.39 Å². The monoisotopic (exact) mass is 207 g/mol. The van der Waals surface area contributed by atoms with Gasteiger partial charge in [-0.2, -0.15) is 0 Å². The Morgan fingerprint density at radius 1 is 1.27 bits per heavy atom. The molecule has 0 aliphatic carbocycles. The third kappa shape index (κ3) is 2.22. The summed E-state index contributed by atoms with van der Waals surface area (Å²) in [6, 6.07) is 6.15. The normalized spacial score (nSPS) is 10.5. The van der Waals surface area contributed by atoms with Crippen molar-refractivity contribution in [3.8, 4) is 0 Å². The molecule has 0 unspecified atom stereocenters. The third-order valence-corrected chi connectivity index (χ3v) is 2.18. The molecule has 0 fully saturated rings. The summed E-state index contributed by atoms with van der Waals surface area (Å²) in [5.74, 6) is 0.350. The molecule has 0 atom stereocenters. The van der Waals surface area contributed by atoms with Crippen LogP contribution >= 0.6 is 0 Å². The zero-order valence-electron chi connectivity index (χ0n) is 7.98. The predicted octanol–water partition coefficient (Wildman–Crippen LogP) is 1.90. The third-order valence-electron chi connectivity index (χ3n) is 2.18. The van der Waals surface area contributed by atoms with Gasteiger partial charge in [-0.25, -0.2) is 4.39 Å². The average molecular weight is 207 g/mol. The first-order chi connectivity index (χ1) is 7.29. The van der Waals surface area contributed by atoms with Gasteiger partial charge in [0.2, 0.25) is 0 Å². The van der Waals surface area contributed by atoms with Gasteiger partial charge in [0.1, 0.15) is 11.6 Å². The number of aliphatic hydroxyl groups excluding tert-OH is 1. The lowest BCUT2D eigenvalue weighted by Crippen LogP contribution is -1.91. The van der Waals surface area contributed by atoms with Crippen molar-refractivity contribution in [2.45, 2.75) is 13.0 Å². The summed E-state index contributed by atoms with van der Waals surface area (Å²) in [5.41, 5.74) is 1.59. The van der Waals surface area contributed by atoms with E-state index in [0.29, 0.717) is 17.7 Å². The summed E-state index contributed by atoms with van der Waals surface area (Å²) < 4.78 is 17.6. The van der Waals surface area contributed by atoms with Crippen molar-refractivity contribution in [2.24, 2.45) is 0 Å². The molecule has 0 saturated heterocycles. The van der Waals surface area contributed by atoms with Crippen LogP contribution in [0.5, 0.6) is 0 Å². The van der Waals surface area contributed by atoms with E-state index in [1.807, 2.05) is 0 Å². The Bertz CT molecular complexity index is 436. The van der Waals surface area contributed by atoms with Crippen LogP contribution in [-0.2, 0) is 13.0 Å². The highest BCUT2D eigenvalue weighted by Crippen LogP contribution is 2.14. The Hall–Kier alpha value is -1.68. The van der Waals surface area contributed by atoms with E-state index in [0.717, 1.165) is 5.56 Å². The van der Waals surface area contributed by atoms with Gasteiger partial charge < -0.3 is 9.63 Å². The molecule has 1 heterocycles. The number of benzene rings is 1. The number of hydrogen-bond donors (Lipinski definition) is 1. The molecular formula is C11H10FNO2. The molecule has 4 heteroatoms. The van der Waals surface area contributed by atoms with Crippen LogP contribution in [0.4, 0.5) is 4.39 Å². The van der Waals surface area contributed by atoms with E-state index in [1.54, 1.807) is 12.1 Å². The van der Waals surface area contributed by atoms with Crippen molar-refractivity contribution >= 4 is 0 Å². The Morgan fingerprint density at radius 2 is 2.00 bits per heavy atom. The summed E-state index contributed by atoms with van der Waals surface area (Å²) in [6.07, 6.45) is 2.00. The highest BCUT2D eigenvalue weighted by Gasteiger charge is 2.07. The Morgan fingerprint density at radius 3 is 2.67 bits per heavy atom. The standard InChI is InChI=1S/C11H10FNO2/c12-10-3-1-8(2-4-10)5-11-9(7-14)6-13-15-11/h1-4,6,14H,5,7H2. The van der Waals surface area contributed by atoms with Gasteiger partial charge in [0.15, 0.2) is 0 Å². The molecule has 3 nitrogen and oxygen atoms in total. The molecule has 1 N–H and O–H groups in total. The largest absolute Gasteiger partial charge is 0.391 e. The van der Waals surface area contributed by atoms with E-state index >= 15 is 0 Å². The van der Waals surface area contributed by atoms with Crippen LogP contribution in [-0.4, -0.2) is 10.3 Å². The predicted molar refractivity (Wildman–Crippen MR) is 51.6 cm³/mol. The van der Waals surface area contributed by atoms with E-state index < -0.39 is 0 Å². The van der Waals surface area contributed by atoms with Gasteiger partial charge in [-0.15, -0.1) is 0 Å². The lowest BCUT2D eigenvalue weighted by Gasteiger charge is -1.99. The van der Waals surface area contributed by atoms with Gasteiger partial charge in [0, 0.05) is 12.0 Å². The molecule has 0 amide bonds. The number of aliphatic hydroxyl groups is 1. The molecule has 0 spiro atoms. The topological polar surface area (TPSA) is 46.3 Å². The van der Waals surface area contributed by atoms with Gasteiger partial charge in [0.25, 0.3) is 0 Å². The molecule has 0 saturated carbocycles. The van der Waals surface area contributed by atoms with Crippen LogP contribution in [0, 0.1) is 5.82 Å². The second-order valence-corrected chi connectivity index (χ2v) is 3.24. The number of nitrogens with zero attached hydrogens (tertiary/aromatic N) is 1. The molecule has 15 heavy (non-hydrogen) atoms. The quantitative estimate of drug-likeness (QED) is 0.836. The summed E-state index contributed by atoms with van der Waals surface area (Å²) in [4.78, 5) is 0. The van der Waals surface area contributed by atoms with Crippen molar-refractivity contribution in [1.29, 1.82) is 0 Å². The minimum Gasteiger partial charge on any atom is -0.391 e. The first kappa shape index (κ1) is 9.86. The van der Waals surface area contributed by atoms with E-state index in [1.165, 1.54) is 18.3 Å². The minimum absolute atomic E-state index is 0.0972.